The summed E-state index contributed by atoms with van der Waals surface area (Å²) in [5, 5.41) is 0. The van der Waals surface area contributed by atoms with Gasteiger partial charge in [-0.15, -0.1) is 0 Å². The van der Waals surface area contributed by atoms with E-state index < -0.39 is 0 Å². The lowest BCUT2D eigenvalue weighted by Gasteiger charge is -2.36. The minimum absolute atomic E-state index is 0.210. The van der Waals surface area contributed by atoms with Gasteiger partial charge in [-0.1, -0.05) is 13.3 Å². The van der Waals surface area contributed by atoms with Crippen molar-refractivity contribution in [1.29, 1.82) is 0 Å². The Morgan fingerprint density at radius 1 is 1.50 bits per heavy atom. The monoisotopic (exact) mass is 200 g/mol. The van der Waals surface area contributed by atoms with Crippen molar-refractivity contribution in [2.45, 2.75) is 44.8 Å². The summed E-state index contributed by atoms with van der Waals surface area (Å²) in [7, 11) is 1.75. The highest BCUT2D eigenvalue weighted by atomic mass is 16.5. The third-order valence-electron chi connectivity index (χ3n) is 3.25. The molecule has 0 amide bonds. The van der Waals surface area contributed by atoms with E-state index in [9.17, 15) is 0 Å². The van der Waals surface area contributed by atoms with Crippen LogP contribution in [0, 0.1) is 0 Å². The zero-order valence-corrected chi connectivity index (χ0v) is 9.54. The third-order valence-corrected chi connectivity index (χ3v) is 3.25. The van der Waals surface area contributed by atoms with Crippen LogP contribution < -0.4 is 5.73 Å². The molecule has 0 saturated carbocycles. The van der Waals surface area contributed by atoms with Crippen molar-refractivity contribution in [3.63, 3.8) is 0 Å². The summed E-state index contributed by atoms with van der Waals surface area (Å²) >= 11 is 0. The lowest BCUT2D eigenvalue weighted by molar-refractivity contribution is 0.0401. The Balaban J connectivity index is 2.39. The molecular formula is C11H24N2O. The number of piperidine rings is 1. The summed E-state index contributed by atoms with van der Waals surface area (Å²) in [5.74, 6) is 0. The molecular weight excluding hydrogens is 176 g/mol. The normalized spacial score (nSPS) is 26.4. The molecule has 14 heavy (non-hydrogen) atoms. The van der Waals surface area contributed by atoms with E-state index in [1.54, 1.807) is 7.11 Å². The highest BCUT2D eigenvalue weighted by Gasteiger charge is 2.22. The topological polar surface area (TPSA) is 38.5 Å². The minimum Gasteiger partial charge on any atom is -0.379 e. The predicted octanol–water partition coefficient (Wildman–Crippen LogP) is 1.22. The van der Waals surface area contributed by atoms with Crippen LogP contribution in [-0.2, 0) is 4.74 Å². The SMILES string of the molecule is CCC1CCCCN1CC(CN)OC. The molecule has 0 bridgehead atoms. The molecule has 3 heteroatoms. The number of hydrogen-bond acceptors (Lipinski definition) is 3. The van der Waals surface area contributed by atoms with E-state index in [0.29, 0.717) is 6.54 Å². The van der Waals surface area contributed by atoms with Crippen LogP contribution in [0.4, 0.5) is 0 Å². The molecule has 2 unspecified atom stereocenters. The number of methoxy groups -OCH3 is 1. The maximum atomic E-state index is 5.64. The van der Waals surface area contributed by atoms with Crippen LogP contribution in [-0.4, -0.2) is 43.8 Å². The average Bonchev–Trinajstić information content (AvgIpc) is 2.26. The average molecular weight is 200 g/mol. The second-order valence-corrected chi connectivity index (χ2v) is 4.15. The van der Waals surface area contributed by atoms with Crippen molar-refractivity contribution in [3.8, 4) is 0 Å². The van der Waals surface area contributed by atoms with Gasteiger partial charge in [0.1, 0.15) is 0 Å². The highest BCUT2D eigenvalue weighted by Crippen LogP contribution is 2.19. The molecule has 0 aromatic rings. The van der Waals surface area contributed by atoms with Gasteiger partial charge in [0.15, 0.2) is 0 Å². The first kappa shape index (κ1) is 12.0. The third kappa shape index (κ3) is 3.23. The molecule has 3 nitrogen and oxygen atoms in total. The quantitative estimate of drug-likeness (QED) is 0.725. The van der Waals surface area contributed by atoms with Gasteiger partial charge in [-0.25, -0.2) is 0 Å². The summed E-state index contributed by atoms with van der Waals surface area (Å²) < 4.78 is 5.33. The van der Waals surface area contributed by atoms with E-state index in [4.69, 9.17) is 10.5 Å². The molecule has 1 heterocycles. The second-order valence-electron chi connectivity index (χ2n) is 4.15. The molecule has 1 fully saturated rings. The molecule has 2 N–H and O–H groups in total. The van der Waals surface area contributed by atoms with Crippen LogP contribution in [0.5, 0.6) is 0 Å². The number of rotatable bonds is 5. The smallest absolute Gasteiger partial charge is 0.0820 e. The zero-order valence-electron chi connectivity index (χ0n) is 9.54. The largest absolute Gasteiger partial charge is 0.379 e. The molecule has 1 saturated heterocycles. The van der Waals surface area contributed by atoms with Gasteiger partial charge in [0.05, 0.1) is 6.10 Å². The van der Waals surface area contributed by atoms with Crippen LogP contribution in [0.15, 0.2) is 0 Å². The molecule has 84 valence electrons. The van der Waals surface area contributed by atoms with Gasteiger partial charge < -0.3 is 10.5 Å². The van der Waals surface area contributed by atoms with Crippen molar-refractivity contribution in [1.82, 2.24) is 4.90 Å². The zero-order chi connectivity index (χ0) is 10.4. The summed E-state index contributed by atoms with van der Waals surface area (Å²) in [6.45, 7) is 5.13. The van der Waals surface area contributed by atoms with Crippen molar-refractivity contribution < 1.29 is 4.74 Å². The Morgan fingerprint density at radius 2 is 2.29 bits per heavy atom. The van der Waals surface area contributed by atoms with Crippen molar-refractivity contribution in [2.75, 3.05) is 26.7 Å². The molecule has 0 aromatic heterocycles. The van der Waals surface area contributed by atoms with Crippen LogP contribution >= 0.6 is 0 Å². The summed E-state index contributed by atoms with van der Waals surface area (Å²) in [4.78, 5) is 2.55. The van der Waals surface area contributed by atoms with Crippen molar-refractivity contribution >= 4 is 0 Å². The summed E-state index contributed by atoms with van der Waals surface area (Å²) in [6, 6.07) is 0.757. The van der Waals surface area contributed by atoms with Gasteiger partial charge in [0.2, 0.25) is 0 Å². The van der Waals surface area contributed by atoms with Crippen LogP contribution in [0.2, 0.25) is 0 Å². The summed E-state index contributed by atoms with van der Waals surface area (Å²) in [6.07, 6.45) is 5.52. The van der Waals surface area contributed by atoms with Gasteiger partial charge in [0, 0.05) is 26.2 Å². The van der Waals surface area contributed by atoms with E-state index in [2.05, 4.69) is 11.8 Å². The Kier molecular flexibility index (Phi) is 5.45. The van der Waals surface area contributed by atoms with Crippen LogP contribution in [0.1, 0.15) is 32.6 Å². The number of ether oxygens (including phenoxy) is 1. The molecule has 1 rings (SSSR count). The van der Waals surface area contributed by atoms with Crippen LogP contribution in [0.25, 0.3) is 0 Å². The van der Waals surface area contributed by atoms with Gasteiger partial charge in [-0.05, 0) is 25.8 Å². The molecule has 1 aliphatic rings. The fourth-order valence-corrected chi connectivity index (χ4v) is 2.27. The first-order chi connectivity index (χ1) is 6.81. The van der Waals surface area contributed by atoms with Gasteiger partial charge >= 0.3 is 0 Å². The maximum Gasteiger partial charge on any atom is 0.0820 e. The van der Waals surface area contributed by atoms with E-state index in [0.717, 1.165) is 12.6 Å². The molecule has 0 aromatic carbocycles. The highest BCUT2D eigenvalue weighted by molar-refractivity contribution is 4.78. The molecule has 0 spiro atoms. The van der Waals surface area contributed by atoms with Gasteiger partial charge in [-0.2, -0.15) is 0 Å². The Hall–Kier alpha value is -0.120. The van der Waals surface area contributed by atoms with Crippen LogP contribution in [0.3, 0.4) is 0 Å². The number of nitrogens with two attached hydrogens (primary N) is 1. The Bertz CT molecular complexity index is 148. The number of likely N-dealkylation sites (tertiary alicyclic amines) is 1. The minimum atomic E-state index is 0.210. The van der Waals surface area contributed by atoms with Crippen molar-refractivity contribution in [2.24, 2.45) is 5.73 Å². The Labute approximate surface area is 87.6 Å². The number of nitrogens with zero attached hydrogens (tertiary/aromatic N) is 1. The molecule has 2 atom stereocenters. The predicted molar refractivity (Wildman–Crippen MR) is 59.4 cm³/mol. The van der Waals surface area contributed by atoms with E-state index in [1.807, 2.05) is 0 Å². The lowest BCUT2D eigenvalue weighted by atomic mass is 9.99. The standard InChI is InChI=1S/C11H24N2O/c1-3-10-6-4-5-7-13(10)9-11(8-12)14-2/h10-11H,3-9,12H2,1-2H3. The maximum absolute atomic E-state index is 5.64. The first-order valence-corrected chi connectivity index (χ1v) is 5.78. The van der Waals surface area contributed by atoms with E-state index >= 15 is 0 Å². The summed E-state index contributed by atoms with van der Waals surface area (Å²) in [5.41, 5.74) is 5.64. The van der Waals surface area contributed by atoms with Crippen molar-refractivity contribution in [3.05, 3.63) is 0 Å². The fourth-order valence-electron chi connectivity index (χ4n) is 2.27. The first-order valence-electron chi connectivity index (χ1n) is 5.78. The lowest BCUT2D eigenvalue weighted by Crippen LogP contribution is -2.45. The number of hydrogen-bond donors (Lipinski definition) is 1. The second kappa shape index (κ2) is 6.38. The molecule has 1 aliphatic heterocycles. The van der Waals surface area contributed by atoms with E-state index in [-0.39, 0.29) is 6.10 Å². The fraction of sp³-hybridized carbons (Fsp3) is 1.00. The van der Waals surface area contributed by atoms with Gasteiger partial charge in [0.25, 0.3) is 0 Å². The Morgan fingerprint density at radius 3 is 2.86 bits per heavy atom. The molecule has 0 radical (unpaired) electrons. The molecule has 0 aliphatic carbocycles. The van der Waals surface area contributed by atoms with E-state index in [1.165, 1.54) is 32.2 Å². The van der Waals surface area contributed by atoms with Gasteiger partial charge in [-0.3, -0.25) is 4.90 Å².